The second-order valence-corrected chi connectivity index (χ2v) is 8.34. The quantitative estimate of drug-likeness (QED) is 0.687. The molecule has 0 saturated carbocycles. The van der Waals surface area contributed by atoms with E-state index < -0.39 is 0 Å². The molecule has 0 bridgehead atoms. The Kier molecular flexibility index (Phi) is 7.22. The number of carbonyl (C=O) groups excluding carboxylic acids is 2. The molecule has 0 spiro atoms. The van der Waals surface area contributed by atoms with E-state index in [1.807, 2.05) is 30.3 Å². The van der Waals surface area contributed by atoms with Gasteiger partial charge in [-0.3, -0.25) is 9.59 Å². The van der Waals surface area contributed by atoms with Crippen molar-refractivity contribution in [2.75, 3.05) is 39.4 Å². The van der Waals surface area contributed by atoms with Gasteiger partial charge in [0.05, 0.1) is 29.4 Å². The van der Waals surface area contributed by atoms with E-state index in [1.165, 1.54) is 0 Å². The minimum absolute atomic E-state index is 0.0390. The molecule has 2 aromatic rings. The zero-order valence-corrected chi connectivity index (χ0v) is 18.2. The van der Waals surface area contributed by atoms with Gasteiger partial charge in [-0.25, -0.2) is 0 Å². The van der Waals surface area contributed by atoms with Crippen LogP contribution in [0.15, 0.2) is 54.6 Å². The lowest BCUT2D eigenvalue weighted by atomic mass is 10.1. The van der Waals surface area contributed by atoms with E-state index in [0.29, 0.717) is 48.9 Å². The fourth-order valence-electron chi connectivity index (χ4n) is 4.10. The molecule has 2 saturated heterocycles. The second kappa shape index (κ2) is 10.3. The summed E-state index contributed by atoms with van der Waals surface area (Å²) in [5.74, 6) is -0.159. The maximum Gasteiger partial charge on any atom is 0.255 e. The summed E-state index contributed by atoms with van der Waals surface area (Å²) in [6.45, 7) is 2.99. The lowest BCUT2D eigenvalue weighted by molar-refractivity contribution is -0.0375. The molecule has 31 heavy (non-hydrogen) atoms. The number of amides is 2. The van der Waals surface area contributed by atoms with Crippen LogP contribution in [0, 0.1) is 0 Å². The second-order valence-electron chi connectivity index (χ2n) is 7.94. The third-order valence-electron chi connectivity index (χ3n) is 5.71. The molecule has 0 aromatic heterocycles. The predicted molar refractivity (Wildman–Crippen MR) is 118 cm³/mol. The van der Waals surface area contributed by atoms with Crippen molar-refractivity contribution < 1.29 is 19.1 Å². The van der Waals surface area contributed by atoms with Crippen molar-refractivity contribution in [2.45, 2.75) is 25.0 Å². The number of morpholine rings is 1. The van der Waals surface area contributed by atoms with E-state index in [2.05, 4.69) is 0 Å². The highest BCUT2D eigenvalue weighted by atomic mass is 35.5. The van der Waals surface area contributed by atoms with Crippen molar-refractivity contribution in [2.24, 2.45) is 0 Å². The Hall–Kier alpha value is -2.41. The van der Waals surface area contributed by atoms with Crippen LogP contribution in [-0.4, -0.2) is 73.2 Å². The number of carbonyl (C=O) groups is 2. The van der Waals surface area contributed by atoms with Gasteiger partial charge in [0.25, 0.3) is 11.8 Å². The van der Waals surface area contributed by atoms with Gasteiger partial charge >= 0.3 is 0 Å². The van der Waals surface area contributed by atoms with Gasteiger partial charge in [0.1, 0.15) is 0 Å². The van der Waals surface area contributed by atoms with Crippen LogP contribution in [0.2, 0.25) is 5.02 Å². The molecular formula is C24H27ClN2O4. The topological polar surface area (TPSA) is 59.1 Å². The fourth-order valence-corrected chi connectivity index (χ4v) is 4.32. The molecule has 0 radical (unpaired) electrons. The molecule has 2 atom stereocenters. The average Bonchev–Trinajstić information content (AvgIpc) is 3.32. The average molecular weight is 443 g/mol. The van der Waals surface area contributed by atoms with Gasteiger partial charge in [-0.15, -0.1) is 0 Å². The van der Waals surface area contributed by atoms with Crippen LogP contribution in [0.1, 0.15) is 33.6 Å². The van der Waals surface area contributed by atoms with Gasteiger partial charge in [0.2, 0.25) is 0 Å². The van der Waals surface area contributed by atoms with Gasteiger partial charge in [-0.2, -0.15) is 0 Å². The van der Waals surface area contributed by atoms with E-state index in [1.54, 1.807) is 34.1 Å². The normalized spacial score (nSPS) is 21.1. The van der Waals surface area contributed by atoms with Crippen molar-refractivity contribution in [3.8, 4) is 0 Å². The molecule has 2 amide bonds. The highest BCUT2D eigenvalue weighted by Crippen LogP contribution is 2.20. The zero-order chi connectivity index (χ0) is 21.6. The first-order valence-corrected chi connectivity index (χ1v) is 11.1. The number of benzene rings is 2. The number of halogens is 1. The number of nitrogens with zero attached hydrogens (tertiary/aromatic N) is 2. The monoisotopic (exact) mass is 442 g/mol. The van der Waals surface area contributed by atoms with Crippen LogP contribution in [0.25, 0.3) is 0 Å². The van der Waals surface area contributed by atoms with Crippen LogP contribution >= 0.6 is 11.6 Å². The van der Waals surface area contributed by atoms with Crippen molar-refractivity contribution in [1.29, 1.82) is 0 Å². The Morgan fingerprint density at radius 1 is 0.968 bits per heavy atom. The van der Waals surface area contributed by atoms with Crippen LogP contribution in [0.4, 0.5) is 0 Å². The molecule has 4 rings (SSSR count). The number of hydrogen-bond acceptors (Lipinski definition) is 4. The summed E-state index contributed by atoms with van der Waals surface area (Å²) in [4.78, 5) is 29.7. The molecule has 7 heteroatoms. The highest BCUT2D eigenvalue weighted by Gasteiger charge is 2.30. The smallest absolute Gasteiger partial charge is 0.255 e. The summed E-state index contributed by atoms with van der Waals surface area (Å²) >= 11 is 6.22. The van der Waals surface area contributed by atoms with E-state index in [4.69, 9.17) is 21.1 Å². The summed E-state index contributed by atoms with van der Waals surface area (Å²) in [5.41, 5.74) is 1.13. The Labute approximate surface area is 187 Å². The molecule has 2 fully saturated rings. The van der Waals surface area contributed by atoms with Gasteiger partial charge in [0, 0.05) is 38.3 Å². The predicted octanol–water partition coefficient (Wildman–Crippen LogP) is 3.50. The molecule has 164 valence electrons. The fraction of sp³-hybridized carbons (Fsp3) is 0.417. The molecule has 2 heterocycles. The molecule has 0 aliphatic carbocycles. The highest BCUT2D eigenvalue weighted by molar-refractivity contribution is 6.33. The minimum Gasteiger partial charge on any atom is -0.376 e. The first-order chi connectivity index (χ1) is 15.1. The van der Waals surface area contributed by atoms with Crippen LogP contribution in [0.5, 0.6) is 0 Å². The lowest BCUT2D eigenvalue weighted by Gasteiger charge is -2.36. The van der Waals surface area contributed by atoms with E-state index in [9.17, 15) is 9.59 Å². The van der Waals surface area contributed by atoms with Gasteiger partial charge < -0.3 is 19.3 Å². The molecule has 0 N–H and O–H groups in total. The SMILES string of the molecule is O=C(c1ccccc1)N(C[C@H]1CCCO1)C[C@@H]1CN(C(=O)c2ccccc2Cl)CCO1. The number of ether oxygens (including phenoxy) is 2. The molecule has 2 aliphatic rings. The maximum atomic E-state index is 13.2. The summed E-state index contributed by atoms with van der Waals surface area (Å²) in [6, 6.07) is 16.3. The standard InChI is InChI=1S/C24H27ClN2O4/c25-22-11-5-4-10-21(22)24(29)26-12-14-31-20(16-26)17-27(15-19-9-6-13-30-19)23(28)18-7-2-1-3-8-18/h1-5,7-8,10-11,19-20H,6,9,12-17H2/t19-,20+/m1/s1. The van der Waals surface area contributed by atoms with Crippen molar-refractivity contribution in [3.63, 3.8) is 0 Å². The molecular weight excluding hydrogens is 416 g/mol. The Bertz CT molecular complexity index is 901. The van der Waals surface area contributed by atoms with Crippen molar-refractivity contribution >= 4 is 23.4 Å². The maximum absolute atomic E-state index is 13.2. The van der Waals surface area contributed by atoms with Gasteiger partial charge in [0.15, 0.2) is 0 Å². The Morgan fingerprint density at radius 2 is 1.68 bits per heavy atom. The van der Waals surface area contributed by atoms with Gasteiger partial charge in [-0.05, 0) is 37.1 Å². The van der Waals surface area contributed by atoms with Gasteiger partial charge in [-0.1, -0.05) is 41.9 Å². The minimum atomic E-state index is -0.269. The molecule has 0 unspecified atom stereocenters. The van der Waals surface area contributed by atoms with Crippen LogP contribution < -0.4 is 0 Å². The van der Waals surface area contributed by atoms with Crippen molar-refractivity contribution in [3.05, 3.63) is 70.7 Å². The first-order valence-electron chi connectivity index (χ1n) is 10.7. The molecule has 2 aromatic carbocycles. The largest absolute Gasteiger partial charge is 0.376 e. The lowest BCUT2D eigenvalue weighted by Crippen LogP contribution is -2.51. The third-order valence-corrected chi connectivity index (χ3v) is 6.04. The Balaban J connectivity index is 1.46. The molecule has 6 nitrogen and oxygen atoms in total. The molecule has 2 aliphatic heterocycles. The number of hydrogen-bond donors (Lipinski definition) is 0. The van der Waals surface area contributed by atoms with Crippen LogP contribution in [0.3, 0.4) is 0 Å². The van der Waals surface area contributed by atoms with E-state index in [-0.39, 0.29) is 24.0 Å². The summed E-state index contributed by atoms with van der Waals surface area (Å²) in [6.07, 6.45) is 1.73. The Morgan fingerprint density at radius 3 is 2.42 bits per heavy atom. The van der Waals surface area contributed by atoms with E-state index >= 15 is 0 Å². The van der Waals surface area contributed by atoms with E-state index in [0.717, 1.165) is 19.4 Å². The summed E-state index contributed by atoms with van der Waals surface area (Å²) in [5, 5.41) is 0.440. The first kappa shape index (κ1) is 21.8. The zero-order valence-electron chi connectivity index (χ0n) is 17.4. The summed E-state index contributed by atoms with van der Waals surface area (Å²) in [7, 11) is 0. The van der Waals surface area contributed by atoms with Crippen molar-refractivity contribution in [1.82, 2.24) is 9.80 Å². The third kappa shape index (κ3) is 5.45. The summed E-state index contributed by atoms with van der Waals surface area (Å²) < 4.78 is 11.7. The number of rotatable bonds is 6. The van der Waals surface area contributed by atoms with Crippen LogP contribution in [-0.2, 0) is 9.47 Å².